The summed E-state index contributed by atoms with van der Waals surface area (Å²) in [7, 11) is 1.67. The number of aliphatic hydroxyl groups excluding tert-OH is 1. The minimum atomic E-state index is -0.439. The fourth-order valence-corrected chi connectivity index (χ4v) is 1.96. The third-order valence-corrected chi connectivity index (χ3v) is 2.75. The summed E-state index contributed by atoms with van der Waals surface area (Å²) >= 11 is 0. The van der Waals surface area contributed by atoms with Crippen LogP contribution in [0.1, 0.15) is 26.3 Å². The van der Waals surface area contributed by atoms with E-state index in [2.05, 4.69) is 5.32 Å². The van der Waals surface area contributed by atoms with Gasteiger partial charge in [0.05, 0.1) is 18.8 Å². The van der Waals surface area contributed by atoms with Gasteiger partial charge in [0.2, 0.25) is 0 Å². The molecule has 1 unspecified atom stereocenters. The van der Waals surface area contributed by atoms with E-state index in [0.717, 1.165) is 11.3 Å². The molecule has 1 aromatic carbocycles. The standard InChI is InChI=1S/C15H25NO3/c1-12(2)16-15(3,10-17)11-19-14-7-5-6-13(8-14)9-18-4/h5-8,12,16-17H,9-11H2,1-4H3. The molecule has 0 fully saturated rings. The summed E-state index contributed by atoms with van der Waals surface area (Å²) in [6.45, 7) is 7.06. The van der Waals surface area contributed by atoms with Crippen molar-refractivity contribution in [2.24, 2.45) is 0 Å². The molecular weight excluding hydrogens is 242 g/mol. The highest BCUT2D eigenvalue weighted by Gasteiger charge is 2.24. The Morgan fingerprint density at radius 1 is 1.37 bits per heavy atom. The van der Waals surface area contributed by atoms with Crippen LogP contribution in [0.5, 0.6) is 5.75 Å². The van der Waals surface area contributed by atoms with Gasteiger partial charge in [-0.2, -0.15) is 0 Å². The Kier molecular flexibility index (Phi) is 6.28. The molecule has 1 aromatic rings. The zero-order valence-corrected chi connectivity index (χ0v) is 12.3. The number of rotatable bonds is 8. The topological polar surface area (TPSA) is 50.7 Å². The molecule has 4 heteroatoms. The molecule has 108 valence electrons. The van der Waals surface area contributed by atoms with Crippen LogP contribution in [0.4, 0.5) is 0 Å². The first-order valence-corrected chi connectivity index (χ1v) is 6.58. The maximum atomic E-state index is 9.49. The lowest BCUT2D eigenvalue weighted by Gasteiger charge is -2.31. The summed E-state index contributed by atoms with van der Waals surface area (Å²) in [5, 5.41) is 12.8. The van der Waals surface area contributed by atoms with Crippen LogP contribution in [-0.2, 0) is 11.3 Å². The second kappa shape index (κ2) is 7.48. The van der Waals surface area contributed by atoms with Gasteiger partial charge in [0, 0.05) is 13.2 Å². The van der Waals surface area contributed by atoms with Crippen LogP contribution in [-0.4, -0.2) is 37.0 Å². The van der Waals surface area contributed by atoms with Crippen LogP contribution in [0.25, 0.3) is 0 Å². The molecule has 0 saturated heterocycles. The second-order valence-corrected chi connectivity index (χ2v) is 5.39. The number of aliphatic hydroxyl groups is 1. The number of ether oxygens (including phenoxy) is 2. The quantitative estimate of drug-likeness (QED) is 0.756. The average molecular weight is 267 g/mol. The number of nitrogens with one attached hydrogen (secondary N) is 1. The normalized spacial score (nSPS) is 14.4. The lowest BCUT2D eigenvalue weighted by atomic mass is 10.0. The fraction of sp³-hybridized carbons (Fsp3) is 0.600. The van der Waals surface area contributed by atoms with Crippen LogP contribution in [0.3, 0.4) is 0 Å². The molecule has 1 atom stereocenters. The SMILES string of the molecule is COCc1cccc(OCC(C)(CO)NC(C)C)c1. The first-order valence-electron chi connectivity index (χ1n) is 6.58. The summed E-state index contributed by atoms with van der Waals surface area (Å²) in [5.41, 5.74) is 0.633. The molecule has 0 aromatic heterocycles. The van der Waals surface area contributed by atoms with Crippen molar-refractivity contribution in [3.8, 4) is 5.75 Å². The van der Waals surface area contributed by atoms with Crippen molar-refractivity contribution >= 4 is 0 Å². The van der Waals surface area contributed by atoms with Gasteiger partial charge >= 0.3 is 0 Å². The summed E-state index contributed by atoms with van der Waals surface area (Å²) in [5.74, 6) is 0.791. The molecule has 0 spiro atoms. The largest absolute Gasteiger partial charge is 0.492 e. The number of hydrogen-bond donors (Lipinski definition) is 2. The van der Waals surface area contributed by atoms with Gasteiger partial charge in [-0.1, -0.05) is 26.0 Å². The van der Waals surface area contributed by atoms with E-state index in [1.807, 2.05) is 45.0 Å². The smallest absolute Gasteiger partial charge is 0.119 e. The first kappa shape index (κ1) is 16.0. The van der Waals surface area contributed by atoms with Crippen LogP contribution < -0.4 is 10.1 Å². The lowest BCUT2D eigenvalue weighted by molar-refractivity contribution is 0.108. The lowest BCUT2D eigenvalue weighted by Crippen LogP contribution is -2.53. The predicted octanol–water partition coefficient (Wildman–Crippen LogP) is 1.96. The maximum Gasteiger partial charge on any atom is 0.119 e. The van der Waals surface area contributed by atoms with Crippen molar-refractivity contribution in [1.82, 2.24) is 5.32 Å². The maximum absolute atomic E-state index is 9.49. The van der Waals surface area contributed by atoms with Gasteiger partial charge in [0.25, 0.3) is 0 Å². The van der Waals surface area contributed by atoms with E-state index in [-0.39, 0.29) is 6.61 Å². The average Bonchev–Trinajstić information content (AvgIpc) is 2.37. The van der Waals surface area contributed by atoms with E-state index in [1.54, 1.807) is 7.11 Å². The highest BCUT2D eigenvalue weighted by atomic mass is 16.5. The fourth-order valence-electron chi connectivity index (χ4n) is 1.96. The van der Waals surface area contributed by atoms with E-state index in [1.165, 1.54) is 0 Å². The molecule has 2 N–H and O–H groups in total. The zero-order chi connectivity index (χ0) is 14.3. The molecule has 0 amide bonds. The highest BCUT2D eigenvalue weighted by Crippen LogP contribution is 2.16. The van der Waals surface area contributed by atoms with Crippen molar-refractivity contribution in [3.05, 3.63) is 29.8 Å². The number of hydrogen-bond acceptors (Lipinski definition) is 4. The van der Waals surface area contributed by atoms with Gasteiger partial charge in [-0.3, -0.25) is 0 Å². The van der Waals surface area contributed by atoms with Crippen LogP contribution in [0.15, 0.2) is 24.3 Å². The molecule has 0 saturated carbocycles. The molecule has 1 rings (SSSR count). The molecule has 0 aliphatic carbocycles. The van der Waals surface area contributed by atoms with Gasteiger partial charge in [0.1, 0.15) is 12.4 Å². The third-order valence-electron chi connectivity index (χ3n) is 2.75. The first-order chi connectivity index (χ1) is 8.99. The molecule has 0 bridgehead atoms. The molecular formula is C15H25NO3. The monoisotopic (exact) mass is 267 g/mol. The summed E-state index contributed by atoms with van der Waals surface area (Å²) in [4.78, 5) is 0. The van der Waals surface area contributed by atoms with E-state index in [4.69, 9.17) is 9.47 Å². The van der Waals surface area contributed by atoms with Crippen molar-refractivity contribution in [3.63, 3.8) is 0 Å². The van der Waals surface area contributed by atoms with Crippen molar-refractivity contribution in [2.75, 3.05) is 20.3 Å². The number of methoxy groups -OCH3 is 1. The molecule has 0 aliphatic rings. The Morgan fingerprint density at radius 3 is 2.68 bits per heavy atom. The van der Waals surface area contributed by atoms with Gasteiger partial charge in [-0.15, -0.1) is 0 Å². The Labute approximate surface area is 115 Å². The Morgan fingerprint density at radius 2 is 2.11 bits per heavy atom. The zero-order valence-electron chi connectivity index (χ0n) is 12.3. The molecule has 0 heterocycles. The van der Waals surface area contributed by atoms with Gasteiger partial charge in [0.15, 0.2) is 0 Å². The molecule has 19 heavy (non-hydrogen) atoms. The van der Waals surface area contributed by atoms with E-state index >= 15 is 0 Å². The van der Waals surface area contributed by atoms with E-state index in [9.17, 15) is 5.11 Å². The van der Waals surface area contributed by atoms with Gasteiger partial charge < -0.3 is 19.9 Å². The Balaban J connectivity index is 2.61. The highest BCUT2D eigenvalue weighted by molar-refractivity contribution is 5.28. The Bertz CT molecular complexity index is 381. The van der Waals surface area contributed by atoms with Crippen molar-refractivity contribution < 1.29 is 14.6 Å². The second-order valence-electron chi connectivity index (χ2n) is 5.39. The third kappa shape index (κ3) is 5.59. The van der Waals surface area contributed by atoms with Crippen molar-refractivity contribution in [1.29, 1.82) is 0 Å². The van der Waals surface area contributed by atoms with Crippen LogP contribution >= 0.6 is 0 Å². The minimum absolute atomic E-state index is 0.0307. The van der Waals surface area contributed by atoms with Crippen molar-refractivity contribution in [2.45, 2.75) is 39.0 Å². The molecule has 4 nitrogen and oxygen atoms in total. The minimum Gasteiger partial charge on any atom is -0.492 e. The van der Waals surface area contributed by atoms with Gasteiger partial charge in [-0.05, 0) is 24.6 Å². The summed E-state index contributed by atoms with van der Waals surface area (Å²) in [6, 6.07) is 8.09. The van der Waals surface area contributed by atoms with E-state index in [0.29, 0.717) is 19.3 Å². The predicted molar refractivity (Wildman–Crippen MR) is 76.4 cm³/mol. The molecule has 0 radical (unpaired) electrons. The summed E-state index contributed by atoms with van der Waals surface area (Å²) in [6.07, 6.45) is 0. The van der Waals surface area contributed by atoms with Crippen LogP contribution in [0, 0.1) is 0 Å². The van der Waals surface area contributed by atoms with Crippen LogP contribution in [0.2, 0.25) is 0 Å². The Hall–Kier alpha value is -1.10. The van der Waals surface area contributed by atoms with Gasteiger partial charge in [-0.25, -0.2) is 0 Å². The number of benzene rings is 1. The summed E-state index contributed by atoms with van der Waals surface area (Å²) < 4.78 is 10.9. The molecule has 0 aliphatic heterocycles. The van der Waals surface area contributed by atoms with E-state index < -0.39 is 5.54 Å².